The summed E-state index contributed by atoms with van der Waals surface area (Å²) in [5, 5.41) is 3.15. The lowest BCUT2D eigenvalue weighted by molar-refractivity contribution is -0.124. The van der Waals surface area contributed by atoms with E-state index in [1.165, 1.54) is 0 Å². The number of thiocarbonyl (C=S) groups is 1. The van der Waals surface area contributed by atoms with Crippen molar-refractivity contribution in [2.24, 2.45) is 23.0 Å². The predicted molar refractivity (Wildman–Crippen MR) is 88.5 cm³/mol. The van der Waals surface area contributed by atoms with Crippen LogP contribution in [0.1, 0.15) is 66.7 Å². The Kier molecular flexibility index (Phi) is 5.59. The molecule has 0 aromatic carbocycles. The second kappa shape index (κ2) is 6.42. The Balaban J connectivity index is 2.68. The Morgan fingerprint density at radius 1 is 1.40 bits per heavy atom. The summed E-state index contributed by atoms with van der Waals surface area (Å²) in [6, 6.07) is 0. The highest BCUT2D eigenvalue weighted by Crippen LogP contribution is 2.33. The molecule has 0 aliphatic heterocycles. The van der Waals surface area contributed by atoms with Gasteiger partial charge in [-0.05, 0) is 42.9 Å². The van der Waals surface area contributed by atoms with Crippen LogP contribution in [0.3, 0.4) is 0 Å². The average Bonchev–Trinajstić information content (AvgIpc) is 2.30. The molecule has 0 bridgehead atoms. The Morgan fingerprint density at radius 2 is 1.90 bits per heavy atom. The summed E-state index contributed by atoms with van der Waals surface area (Å²) in [4.78, 5) is 12.8. The van der Waals surface area contributed by atoms with Crippen LogP contribution in [0.15, 0.2) is 0 Å². The minimum atomic E-state index is -0.448. The number of rotatable bonds is 4. The number of nitrogens with one attached hydrogen (secondary N) is 1. The molecule has 20 heavy (non-hydrogen) atoms. The lowest BCUT2D eigenvalue weighted by Crippen LogP contribution is -2.58. The van der Waals surface area contributed by atoms with Gasteiger partial charge in [-0.2, -0.15) is 0 Å². The first-order valence-corrected chi connectivity index (χ1v) is 8.08. The summed E-state index contributed by atoms with van der Waals surface area (Å²) in [6.07, 6.45) is 4.43. The van der Waals surface area contributed by atoms with Crippen molar-refractivity contribution in [3.05, 3.63) is 0 Å². The van der Waals surface area contributed by atoms with Crippen LogP contribution in [-0.2, 0) is 4.79 Å². The predicted octanol–water partition coefficient (Wildman–Crippen LogP) is 3.41. The van der Waals surface area contributed by atoms with E-state index in [0.717, 1.165) is 25.7 Å². The third-order valence-electron chi connectivity index (χ3n) is 4.95. The maximum atomic E-state index is 12.3. The van der Waals surface area contributed by atoms with Crippen molar-refractivity contribution in [1.82, 2.24) is 5.32 Å². The number of amides is 1. The summed E-state index contributed by atoms with van der Waals surface area (Å²) < 4.78 is 0. The van der Waals surface area contributed by atoms with E-state index in [1.54, 1.807) is 0 Å². The second-order valence-electron chi connectivity index (χ2n) is 7.65. The van der Waals surface area contributed by atoms with E-state index in [0.29, 0.717) is 23.2 Å². The van der Waals surface area contributed by atoms with E-state index in [4.69, 9.17) is 18.0 Å². The van der Waals surface area contributed by atoms with Crippen molar-refractivity contribution in [1.29, 1.82) is 0 Å². The number of carbonyl (C=O) groups excluding carboxylic acids is 1. The summed E-state index contributed by atoms with van der Waals surface area (Å²) >= 11 is 5.23. The van der Waals surface area contributed by atoms with Crippen molar-refractivity contribution in [2.45, 2.75) is 72.3 Å². The minimum Gasteiger partial charge on any atom is -0.391 e. The third-order valence-corrected chi connectivity index (χ3v) is 5.34. The zero-order valence-corrected chi connectivity index (χ0v) is 14.4. The summed E-state index contributed by atoms with van der Waals surface area (Å²) in [6.45, 7) is 10.9. The molecule has 1 rings (SSSR count). The van der Waals surface area contributed by atoms with Gasteiger partial charge in [-0.25, -0.2) is 0 Å². The Hall–Kier alpha value is -0.640. The molecule has 0 aromatic heterocycles. The first kappa shape index (κ1) is 17.4. The summed E-state index contributed by atoms with van der Waals surface area (Å²) in [7, 11) is 0. The maximum Gasteiger partial charge on any atom is 0.221 e. The molecular weight excluding hydrogens is 268 g/mol. The van der Waals surface area contributed by atoms with Crippen LogP contribution < -0.4 is 11.1 Å². The molecule has 0 saturated heterocycles. The van der Waals surface area contributed by atoms with E-state index in [1.807, 2.05) is 0 Å². The molecule has 0 spiro atoms. The van der Waals surface area contributed by atoms with Crippen molar-refractivity contribution < 1.29 is 4.79 Å². The number of hydrogen-bond acceptors (Lipinski definition) is 2. The van der Waals surface area contributed by atoms with E-state index >= 15 is 0 Å². The summed E-state index contributed by atoms with van der Waals surface area (Å²) in [5.41, 5.74) is 5.62. The molecule has 1 unspecified atom stereocenters. The van der Waals surface area contributed by atoms with E-state index in [-0.39, 0.29) is 11.3 Å². The van der Waals surface area contributed by atoms with Crippen molar-refractivity contribution in [3.8, 4) is 0 Å². The standard InChI is InChI=1S/C16H30N2OS/c1-11-6-8-16(9-7-11,14(17)20)18-13(19)10-12(2)15(3,4)5/h11-12H,6-10H2,1-5H3,(H2,17,20)(H,18,19). The smallest absolute Gasteiger partial charge is 0.221 e. The fourth-order valence-corrected chi connectivity index (χ4v) is 2.85. The second-order valence-corrected chi connectivity index (χ2v) is 8.09. The van der Waals surface area contributed by atoms with Gasteiger partial charge in [0.05, 0.1) is 10.5 Å². The van der Waals surface area contributed by atoms with Gasteiger partial charge in [0.1, 0.15) is 0 Å². The van der Waals surface area contributed by atoms with Gasteiger partial charge in [0.25, 0.3) is 0 Å². The van der Waals surface area contributed by atoms with Gasteiger partial charge in [0.15, 0.2) is 0 Å². The molecule has 3 nitrogen and oxygen atoms in total. The van der Waals surface area contributed by atoms with Crippen LogP contribution in [-0.4, -0.2) is 16.4 Å². The molecule has 116 valence electrons. The van der Waals surface area contributed by atoms with Gasteiger partial charge in [-0.1, -0.05) is 46.8 Å². The molecule has 0 radical (unpaired) electrons. The quantitative estimate of drug-likeness (QED) is 0.782. The molecule has 1 aliphatic rings. The third kappa shape index (κ3) is 4.44. The van der Waals surface area contributed by atoms with Crippen molar-refractivity contribution in [3.63, 3.8) is 0 Å². The van der Waals surface area contributed by atoms with Crippen LogP contribution in [0.4, 0.5) is 0 Å². The first-order valence-electron chi connectivity index (χ1n) is 7.68. The van der Waals surface area contributed by atoms with Gasteiger partial charge in [0, 0.05) is 6.42 Å². The van der Waals surface area contributed by atoms with E-state index in [2.05, 4.69) is 39.9 Å². The van der Waals surface area contributed by atoms with Crippen LogP contribution >= 0.6 is 12.2 Å². The number of nitrogens with two attached hydrogens (primary N) is 1. The monoisotopic (exact) mass is 298 g/mol. The SMILES string of the molecule is CC1CCC(NC(=O)CC(C)C(C)(C)C)(C(N)=S)CC1. The lowest BCUT2D eigenvalue weighted by atomic mass is 9.76. The summed E-state index contributed by atoms with van der Waals surface area (Å²) in [5.74, 6) is 1.10. The molecule has 1 aliphatic carbocycles. The largest absolute Gasteiger partial charge is 0.391 e. The lowest BCUT2D eigenvalue weighted by Gasteiger charge is -2.40. The zero-order valence-electron chi connectivity index (χ0n) is 13.6. The van der Waals surface area contributed by atoms with Gasteiger partial charge in [0.2, 0.25) is 5.91 Å². The molecule has 1 atom stereocenters. The van der Waals surface area contributed by atoms with Crippen LogP contribution in [0.5, 0.6) is 0 Å². The maximum absolute atomic E-state index is 12.3. The van der Waals surface area contributed by atoms with Crippen molar-refractivity contribution >= 4 is 23.1 Å². The first-order chi connectivity index (χ1) is 9.07. The Bertz CT molecular complexity index is 365. The van der Waals surface area contributed by atoms with E-state index < -0.39 is 5.54 Å². The highest BCUT2D eigenvalue weighted by Gasteiger charge is 2.38. The zero-order chi connectivity index (χ0) is 15.6. The molecule has 3 N–H and O–H groups in total. The fourth-order valence-electron chi connectivity index (χ4n) is 2.59. The highest BCUT2D eigenvalue weighted by atomic mass is 32.1. The fraction of sp³-hybridized carbons (Fsp3) is 0.875. The average molecular weight is 298 g/mol. The topological polar surface area (TPSA) is 55.1 Å². The highest BCUT2D eigenvalue weighted by molar-refractivity contribution is 7.80. The molecule has 4 heteroatoms. The van der Waals surface area contributed by atoms with Crippen LogP contribution in [0.2, 0.25) is 0 Å². The molecule has 1 fully saturated rings. The molecule has 1 amide bonds. The van der Waals surface area contributed by atoms with Crippen molar-refractivity contribution in [2.75, 3.05) is 0 Å². The van der Waals surface area contributed by atoms with E-state index in [9.17, 15) is 4.79 Å². The van der Waals surface area contributed by atoms with Crippen LogP contribution in [0, 0.1) is 17.3 Å². The normalized spacial score (nSPS) is 28.8. The van der Waals surface area contributed by atoms with Gasteiger partial charge in [-0.15, -0.1) is 0 Å². The van der Waals surface area contributed by atoms with Crippen LogP contribution in [0.25, 0.3) is 0 Å². The van der Waals surface area contributed by atoms with Gasteiger partial charge < -0.3 is 11.1 Å². The van der Waals surface area contributed by atoms with Gasteiger partial charge in [-0.3, -0.25) is 4.79 Å². The minimum absolute atomic E-state index is 0.0785. The number of carbonyl (C=O) groups is 1. The molecule has 0 aromatic rings. The Morgan fingerprint density at radius 3 is 2.30 bits per heavy atom. The molecule has 0 heterocycles. The van der Waals surface area contributed by atoms with Gasteiger partial charge >= 0.3 is 0 Å². The Labute approximate surface area is 129 Å². The molecular formula is C16H30N2OS. The number of hydrogen-bond donors (Lipinski definition) is 2. The molecule has 1 saturated carbocycles.